The number of pyridine rings is 2. The molecule has 94 valence electrons. The van der Waals surface area contributed by atoms with E-state index in [4.69, 9.17) is 4.74 Å². The monoisotopic (exact) mass is 234 g/mol. The van der Waals surface area contributed by atoms with Crippen molar-refractivity contribution in [2.45, 2.75) is 34.6 Å². The normalized spacial score (nSPS) is 8.59. The van der Waals surface area contributed by atoms with Gasteiger partial charge in [0.05, 0.1) is 7.11 Å². The smallest absolute Gasteiger partial charge is 0.213 e. The zero-order valence-corrected chi connectivity index (χ0v) is 11.6. The zero-order chi connectivity index (χ0) is 13.3. The van der Waals surface area contributed by atoms with Crippen LogP contribution in [0.4, 0.5) is 0 Å². The highest BCUT2D eigenvalue weighted by Crippen LogP contribution is 2.19. The van der Waals surface area contributed by atoms with Crippen LogP contribution in [0.1, 0.15) is 33.3 Å². The second-order valence-electron chi connectivity index (χ2n) is 2.90. The van der Waals surface area contributed by atoms with E-state index in [0.29, 0.717) is 5.88 Å². The number of fused-ring (bicyclic) bond motifs is 1. The molecule has 0 aromatic carbocycles. The van der Waals surface area contributed by atoms with Crippen molar-refractivity contribution in [3.05, 3.63) is 30.2 Å². The Morgan fingerprint density at radius 2 is 1.65 bits per heavy atom. The van der Waals surface area contributed by atoms with Gasteiger partial charge in [-0.1, -0.05) is 27.7 Å². The van der Waals surface area contributed by atoms with Gasteiger partial charge in [-0.3, -0.25) is 4.98 Å². The van der Waals surface area contributed by atoms with Crippen molar-refractivity contribution in [3.8, 4) is 5.88 Å². The molecule has 2 aromatic rings. The summed E-state index contributed by atoms with van der Waals surface area (Å²) in [6, 6.07) is 1.92. The maximum absolute atomic E-state index is 5.05. The van der Waals surface area contributed by atoms with Crippen LogP contribution in [0.2, 0.25) is 0 Å². The Hall–Kier alpha value is -1.64. The third kappa shape index (κ3) is 4.02. The van der Waals surface area contributed by atoms with Gasteiger partial charge in [-0.05, 0) is 17.9 Å². The molecule has 0 N–H and O–H groups in total. The Kier molecular flexibility index (Phi) is 7.68. The van der Waals surface area contributed by atoms with Crippen LogP contribution < -0.4 is 4.74 Å². The van der Waals surface area contributed by atoms with Crippen molar-refractivity contribution >= 4 is 10.8 Å². The molecule has 2 heterocycles. The van der Waals surface area contributed by atoms with E-state index in [1.807, 2.05) is 46.9 Å². The minimum absolute atomic E-state index is 0.641. The Labute approximate surface area is 104 Å². The number of rotatable bonds is 1. The third-order valence-electron chi connectivity index (χ3n) is 2.03. The first-order valence-electron chi connectivity index (χ1n) is 6.05. The van der Waals surface area contributed by atoms with Crippen molar-refractivity contribution in [2.75, 3.05) is 7.11 Å². The second kappa shape index (κ2) is 8.50. The van der Waals surface area contributed by atoms with Crippen LogP contribution in [0.15, 0.2) is 24.7 Å². The molecule has 0 unspecified atom stereocenters. The summed E-state index contributed by atoms with van der Waals surface area (Å²) >= 11 is 0. The van der Waals surface area contributed by atoms with Crippen LogP contribution in [0.3, 0.4) is 0 Å². The Morgan fingerprint density at radius 3 is 2.24 bits per heavy atom. The van der Waals surface area contributed by atoms with E-state index < -0.39 is 0 Å². The van der Waals surface area contributed by atoms with E-state index in [1.54, 1.807) is 19.5 Å². The predicted molar refractivity (Wildman–Crippen MR) is 73.5 cm³/mol. The number of ether oxygens (including phenoxy) is 1. The quantitative estimate of drug-likeness (QED) is 0.748. The van der Waals surface area contributed by atoms with Gasteiger partial charge >= 0.3 is 0 Å². The summed E-state index contributed by atoms with van der Waals surface area (Å²) in [6.45, 7) is 10.0. The molecule has 0 saturated heterocycles. The van der Waals surface area contributed by atoms with E-state index in [-0.39, 0.29) is 0 Å². The highest BCUT2D eigenvalue weighted by Gasteiger charge is 1.99. The van der Waals surface area contributed by atoms with Gasteiger partial charge in [0.1, 0.15) is 0 Å². The number of aromatic nitrogens is 2. The number of methoxy groups -OCH3 is 1. The molecule has 17 heavy (non-hydrogen) atoms. The SMILES string of the molecule is CC.CC.COc1cc2c(C)cncc2cn1. The highest BCUT2D eigenvalue weighted by atomic mass is 16.5. The lowest BCUT2D eigenvalue weighted by atomic mass is 10.1. The first-order chi connectivity index (χ1) is 8.31. The molecular formula is C14H22N2O. The molecule has 2 aromatic heterocycles. The molecule has 0 spiro atoms. The van der Waals surface area contributed by atoms with Crippen LogP contribution in [0, 0.1) is 6.92 Å². The van der Waals surface area contributed by atoms with Crippen molar-refractivity contribution in [1.82, 2.24) is 9.97 Å². The first-order valence-corrected chi connectivity index (χ1v) is 6.05. The fourth-order valence-electron chi connectivity index (χ4n) is 1.30. The Morgan fingerprint density at radius 1 is 1.00 bits per heavy atom. The fraction of sp³-hybridized carbons (Fsp3) is 0.429. The molecule has 0 aliphatic carbocycles. The molecule has 0 saturated carbocycles. The minimum Gasteiger partial charge on any atom is -0.481 e. The summed E-state index contributed by atoms with van der Waals surface area (Å²) in [4.78, 5) is 8.19. The van der Waals surface area contributed by atoms with Crippen LogP contribution >= 0.6 is 0 Å². The van der Waals surface area contributed by atoms with Gasteiger partial charge in [-0.15, -0.1) is 0 Å². The summed E-state index contributed by atoms with van der Waals surface area (Å²) in [5, 5.41) is 2.18. The Bertz CT molecular complexity index is 441. The molecule has 3 heteroatoms. The predicted octanol–water partition coefficient (Wildman–Crippen LogP) is 4.00. The van der Waals surface area contributed by atoms with Crippen molar-refractivity contribution in [1.29, 1.82) is 0 Å². The Balaban J connectivity index is 0.000000581. The van der Waals surface area contributed by atoms with E-state index in [9.17, 15) is 0 Å². The average Bonchev–Trinajstić information content (AvgIpc) is 2.43. The van der Waals surface area contributed by atoms with Gasteiger partial charge in [-0.25, -0.2) is 4.98 Å². The molecule has 0 amide bonds. The van der Waals surface area contributed by atoms with Gasteiger partial charge in [-0.2, -0.15) is 0 Å². The zero-order valence-electron chi connectivity index (χ0n) is 11.6. The molecule has 0 aliphatic rings. The molecule has 2 rings (SSSR count). The van der Waals surface area contributed by atoms with Crippen molar-refractivity contribution in [2.24, 2.45) is 0 Å². The second-order valence-corrected chi connectivity index (χ2v) is 2.90. The topological polar surface area (TPSA) is 35.0 Å². The molecule has 0 aliphatic heterocycles. The maximum Gasteiger partial charge on any atom is 0.213 e. The molecule has 0 bridgehead atoms. The standard InChI is InChI=1S/C10H10N2O.2C2H6/c1-7-4-11-5-8-6-12-10(13-2)3-9(7)8;2*1-2/h3-6H,1-2H3;2*1-2H3. The van der Waals surface area contributed by atoms with E-state index in [1.165, 1.54) is 0 Å². The van der Waals surface area contributed by atoms with E-state index in [0.717, 1.165) is 16.3 Å². The van der Waals surface area contributed by atoms with Gasteiger partial charge in [0.2, 0.25) is 5.88 Å². The third-order valence-corrected chi connectivity index (χ3v) is 2.03. The highest BCUT2D eigenvalue weighted by molar-refractivity contribution is 5.84. The van der Waals surface area contributed by atoms with Crippen LogP contribution in [-0.2, 0) is 0 Å². The van der Waals surface area contributed by atoms with Crippen molar-refractivity contribution < 1.29 is 4.74 Å². The van der Waals surface area contributed by atoms with Crippen LogP contribution in [-0.4, -0.2) is 17.1 Å². The average molecular weight is 234 g/mol. The summed E-state index contributed by atoms with van der Waals surface area (Å²) < 4.78 is 5.05. The van der Waals surface area contributed by atoms with Gasteiger partial charge in [0.25, 0.3) is 0 Å². The molecule has 0 fully saturated rings. The largest absolute Gasteiger partial charge is 0.481 e. The first kappa shape index (κ1) is 15.4. The number of aryl methyl sites for hydroxylation is 1. The molecule has 0 radical (unpaired) electrons. The summed E-state index contributed by atoms with van der Waals surface area (Å²) in [6.07, 6.45) is 5.41. The summed E-state index contributed by atoms with van der Waals surface area (Å²) in [5.41, 5.74) is 1.14. The number of hydrogen-bond acceptors (Lipinski definition) is 3. The summed E-state index contributed by atoms with van der Waals surface area (Å²) in [7, 11) is 1.62. The fourth-order valence-corrected chi connectivity index (χ4v) is 1.30. The lowest BCUT2D eigenvalue weighted by Gasteiger charge is -2.02. The van der Waals surface area contributed by atoms with Crippen LogP contribution in [0.25, 0.3) is 10.8 Å². The molecule has 3 nitrogen and oxygen atoms in total. The molecular weight excluding hydrogens is 212 g/mol. The summed E-state index contributed by atoms with van der Waals surface area (Å²) in [5.74, 6) is 0.641. The lowest BCUT2D eigenvalue weighted by Crippen LogP contribution is -1.88. The maximum atomic E-state index is 5.05. The van der Waals surface area contributed by atoms with Crippen LogP contribution in [0.5, 0.6) is 5.88 Å². The number of nitrogens with zero attached hydrogens (tertiary/aromatic N) is 2. The van der Waals surface area contributed by atoms with E-state index in [2.05, 4.69) is 9.97 Å². The van der Waals surface area contributed by atoms with Gasteiger partial charge in [0.15, 0.2) is 0 Å². The number of hydrogen-bond donors (Lipinski definition) is 0. The van der Waals surface area contributed by atoms with Crippen molar-refractivity contribution in [3.63, 3.8) is 0 Å². The van der Waals surface area contributed by atoms with Gasteiger partial charge in [0, 0.05) is 30.0 Å². The molecule has 0 atom stereocenters. The van der Waals surface area contributed by atoms with E-state index >= 15 is 0 Å². The van der Waals surface area contributed by atoms with Gasteiger partial charge < -0.3 is 4.74 Å². The lowest BCUT2D eigenvalue weighted by molar-refractivity contribution is 0.398. The minimum atomic E-state index is 0.641.